The van der Waals surface area contributed by atoms with Crippen LogP contribution < -0.4 is 10.6 Å². The van der Waals surface area contributed by atoms with E-state index >= 15 is 0 Å². The van der Waals surface area contributed by atoms with Crippen molar-refractivity contribution in [3.05, 3.63) is 28.8 Å². The number of methoxy groups -OCH3 is 1. The molecule has 1 rings (SSSR count). The number of hydrogen-bond donors (Lipinski definition) is 2. The van der Waals surface area contributed by atoms with Crippen LogP contribution in [0.4, 0.5) is 5.69 Å². The highest BCUT2D eigenvalue weighted by atomic mass is 35.5. The molecule has 0 saturated carbocycles. The van der Waals surface area contributed by atoms with Gasteiger partial charge in [0, 0.05) is 0 Å². The van der Waals surface area contributed by atoms with E-state index in [1.807, 2.05) is 0 Å². The van der Waals surface area contributed by atoms with Crippen LogP contribution in [0.3, 0.4) is 0 Å². The van der Waals surface area contributed by atoms with Crippen molar-refractivity contribution in [1.29, 1.82) is 0 Å². The fourth-order valence-electron chi connectivity index (χ4n) is 1.31. The van der Waals surface area contributed by atoms with Crippen LogP contribution in [-0.2, 0) is 9.53 Å². The number of ether oxygens (including phenoxy) is 1. The molecule has 0 spiro atoms. The molecule has 1 amide bonds. The first kappa shape index (κ1) is 15.0. The number of nitrogens with one attached hydrogen (secondary N) is 2. The van der Waals surface area contributed by atoms with Gasteiger partial charge < -0.3 is 10.1 Å². The average Bonchev–Trinajstić information content (AvgIpc) is 2.40. The molecular formula is C13H13ClN2O3. The quantitative estimate of drug-likeness (QED) is 0.484. The lowest BCUT2D eigenvalue weighted by molar-refractivity contribution is -0.115. The Morgan fingerprint density at radius 2 is 2.21 bits per heavy atom. The van der Waals surface area contributed by atoms with Gasteiger partial charge in [-0.2, -0.15) is 0 Å². The van der Waals surface area contributed by atoms with Gasteiger partial charge in [-0.05, 0) is 18.2 Å². The molecule has 0 heterocycles. The van der Waals surface area contributed by atoms with Crippen molar-refractivity contribution in [2.45, 2.75) is 0 Å². The van der Waals surface area contributed by atoms with Crippen LogP contribution in [0.25, 0.3) is 0 Å². The molecule has 100 valence electrons. The second-order valence-corrected chi connectivity index (χ2v) is 3.95. The summed E-state index contributed by atoms with van der Waals surface area (Å²) in [4.78, 5) is 22.9. The van der Waals surface area contributed by atoms with E-state index in [2.05, 4.69) is 21.3 Å². The highest BCUT2D eigenvalue weighted by molar-refractivity contribution is 6.33. The molecule has 0 radical (unpaired) electrons. The van der Waals surface area contributed by atoms with Crippen LogP contribution >= 0.6 is 11.6 Å². The first-order chi connectivity index (χ1) is 9.08. The Hall–Kier alpha value is -2.03. The summed E-state index contributed by atoms with van der Waals surface area (Å²) in [6.07, 6.45) is 5.04. The Kier molecular flexibility index (Phi) is 5.86. The summed E-state index contributed by atoms with van der Waals surface area (Å²) in [7, 11) is 1.28. The Balaban J connectivity index is 2.74. The Morgan fingerprint density at radius 3 is 2.84 bits per heavy atom. The van der Waals surface area contributed by atoms with Crippen LogP contribution in [0, 0.1) is 12.3 Å². The van der Waals surface area contributed by atoms with E-state index in [4.69, 9.17) is 18.0 Å². The highest BCUT2D eigenvalue weighted by Gasteiger charge is 2.10. The lowest BCUT2D eigenvalue weighted by Gasteiger charge is -2.09. The molecule has 0 aliphatic carbocycles. The maximum atomic E-state index is 11.6. The summed E-state index contributed by atoms with van der Waals surface area (Å²) < 4.78 is 4.59. The third-order valence-corrected chi connectivity index (χ3v) is 2.50. The number of rotatable bonds is 5. The second kappa shape index (κ2) is 7.41. The molecule has 0 atom stereocenters. The SMILES string of the molecule is C#CCNCC(=O)Nc1cc(C(=O)OC)ccc1Cl. The molecule has 19 heavy (non-hydrogen) atoms. The van der Waals surface area contributed by atoms with E-state index < -0.39 is 5.97 Å². The van der Waals surface area contributed by atoms with Gasteiger partial charge in [0.15, 0.2) is 0 Å². The van der Waals surface area contributed by atoms with Crippen LogP contribution in [0.2, 0.25) is 5.02 Å². The van der Waals surface area contributed by atoms with Gasteiger partial charge in [-0.15, -0.1) is 6.42 Å². The smallest absolute Gasteiger partial charge is 0.337 e. The minimum absolute atomic E-state index is 0.0585. The lowest BCUT2D eigenvalue weighted by Crippen LogP contribution is -2.28. The first-order valence-electron chi connectivity index (χ1n) is 5.40. The van der Waals surface area contributed by atoms with E-state index in [0.29, 0.717) is 22.8 Å². The average molecular weight is 281 g/mol. The van der Waals surface area contributed by atoms with Gasteiger partial charge in [-0.25, -0.2) is 4.79 Å². The number of carbonyl (C=O) groups excluding carboxylic acids is 2. The van der Waals surface area contributed by atoms with Crippen LogP contribution in [0.1, 0.15) is 10.4 Å². The zero-order valence-corrected chi connectivity index (χ0v) is 11.1. The van der Waals surface area contributed by atoms with Crippen molar-refractivity contribution in [2.75, 3.05) is 25.5 Å². The Morgan fingerprint density at radius 1 is 1.47 bits per heavy atom. The largest absolute Gasteiger partial charge is 0.465 e. The fourth-order valence-corrected chi connectivity index (χ4v) is 1.47. The van der Waals surface area contributed by atoms with E-state index in [9.17, 15) is 9.59 Å². The van der Waals surface area contributed by atoms with Crippen molar-refractivity contribution in [1.82, 2.24) is 5.32 Å². The zero-order chi connectivity index (χ0) is 14.3. The number of hydrogen-bond acceptors (Lipinski definition) is 4. The van der Waals surface area contributed by atoms with Gasteiger partial charge in [0.1, 0.15) is 0 Å². The van der Waals surface area contributed by atoms with Gasteiger partial charge in [0.05, 0.1) is 36.5 Å². The number of terminal acetylenes is 1. The highest BCUT2D eigenvalue weighted by Crippen LogP contribution is 2.23. The van der Waals surface area contributed by atoms with E-state index in [0.717, 1.165) is 0 Å². The molecule has 6 heteroatoms. The number of amides is 1. The van der Waals surface area contributed by atoms with Crippen LogP contribution in [-0.4, -0.2) is 32.1 Å². The van der Waals surface area contributed by atoms with E-state index in [1.165, 1.54) is 25.3 Å². The molecule has 0 fully saturated rings. The van der Waals surface area contributed by atoms with Crippen LogP contribution in [0.5, 0.6) is 0 Å². The van der Waals surface area contributed by atoms with E-state index in [1.54, 1.807) is 0 Å². The monoisotopic (exact) mass is 280 g/mol. The second-order valence-electron chi connectivity index (χ2n) is 3.54. The third kappa shape index (κ3) is 4.62. The molecular weight excluding hydrogens is 268 g/mol. The van der Waals surface area contributed by atoms with Crippen LogP contribution in [0.15, 0.2) is 18.2 Å². The van der Waals surface area contributed by atoms with Gasteiger partial charge >= 0.3 is 5.97 Å². The topological polar surface area (TPSA) is 67.4 Å². The molecule has 5 nitrogen and oxygen atoms in total. The third-order valence-electron chi connectivity index (χ3n) is 2.17. The van der Waals surface area contributed by atoms with Gasteiger partial charge in [0.25, 0.3) is 0 Å². The number of halogens is 1. The molecule has 0 saturated heterocycles. The molecule has 0 aliphatic rings. The van der Waals surface area contributed by atoms with Crippen molar-refractivity contribution in [3.63, 3.8) is 0 Å². The summed E-state index contributed by atoms with van der Waals surface area (Å²) in [5.74, 6) is 1.54. The summed E-state index contributed by atoms with van der Waals surface area (Å²) in [5, 5.41) is 5.65. The summed E-state index contributed by atoms with van der Waals surface area (Å²) in [6, 6.07) is 4.48. The molecule has 0 unspecified atom stereocenters. The number of benzene rings is 1. The fraction of sp³-hybridized carbons (Fsp3) is 0.231. The molecule has 2 N–H and O–H groups in total. The van der Waals surface area contributed by atoms with Crippen molar-refractivity contribution < 1.29 is 14.3 Å². The summed E-state index contributed by atoms with van der Waals surface area (Å²) in [5.41, 5.74) is 0.649. The molecule has 1 aromatic carbocycles. The maximum absolute atomic E-state index is 11.6. The molecule has 0 bridgehead atoms. The lowest BCUT2D eigenvalue weighted by atomic mass is 10.2. The Bertz CT molecular complexity index is 523. The normalized spacial score (nSPS) is 9.53. The predicted octanol–water partition coefficient (Wildman–Crippen LogP) is 1.29. The minimum Gasteiger partial charge on any atom is -0.465 e. The van der Waals surface area contributed by atoms with E-state index in [-0.39, 0.29) is 12.5 Å². The number of anilines is 1. The standard InChI is InChI=1S/C13H13ClN2O3/c1-3-6-15-8-12(17)16-11-7-9(13(18)19-2)4-5-10(11)14/h1,4-5,7,15H,6,8H2,2H3,(H,16,17). The molecule has 0 aliphatic heterocycles. The predicted molar refractivity (Wildman–Crippen MR) is 73.1 cm³/mol. The van der Waals surface area contributed by atoms with Crippen molar-refractivity contribution in [3.8, 4) is 12.3 Å². The van der Waals surface area contributed by atoms with Gasteiger partial charge in [-0.3, -0.25) is 10.1 Å². The van der Waals surface area contributed by atoms with Crippen molar-refractivity contribution >= 4 is 29.2 Å². The summed E-state index contributed by atoms with van der Waals surface area (Å²) >= 11 is 5.93. The number of esters is 1. The first-order valence-corrected chi connectivity index (χ1v) is 5.78. The van der Waals surface area contributed by atoms with Gasteiger partial charge in [0.2, 0.25) is 5.91 Å². The summed E-state index contributed by atoms with van der Waals surface area (Å²) in [6.45, 7) is 0.354. The zero-order valence-electron chi connectivity index (χ0n) is 10.3. The molecule has 0 aromatic heterocycles. The minimum atomic E-state index is -0.502. The molecule has 1 aromatic rings. The maximum Gasteiger partial charge on any atom is 0.337 e. The number of carbonyl (C=O) groups is 2. The Labute approximate surface area is 116 Å². The van der Waals surface area contributed by atoms with Crippen molar-refractivity contribution in [2.24, 2.45) is 0 Å². The van der Waals surface area contributed by atoms with Gasteiger partial charge in [-0.1, -0.05) is 17.5 Å².